The SMILES string of the molecule is Clc1nc(-c2cccc3nccn23)nc(-n2cccn2)n1. The molecule has 0 aromatic carbocycles. The number of nitrogens with zero attached hydrogens (tertiary/aromatic N) is 7. The van der Waals surface area contributed by atoms with Gasteiger partial charge in [-0.1, -0.05) is 6.07 Å². The van der Waals surface area contributed by atoms with Gasteiger partial charge in [-0.2, -0.15) is 20.1 Å². The third-order valence-corrected chi connectivity index (χ3v) is 3.13. The number of fused-ring (bicyclic) bond motifs is 1. The van der Waals surface area contributed by atoms with Crippen LogP contribution in [0.4, 0.5) is 0 Å². The Morgan fingerprint density at radius 2 is 1.90 bits per heavy atom. The van der Waals surface area contributed by atoms with Crippen LogP contribution in [0.1, 0.15) is 0 Å². The lowest BCUT2D eigenvalue weighted by Gasteiger charge is -2.06. The first kappa shape index (κ1) is 12.0. The molecular formula is C13H8ClN7. The van der Waals surface area contributed by atoms with E-state index >= 15 is 0 Å². The Morgan fingerprint density at radius 3 is 2.76 bits per heavy atom. The van der Waals surface area contributed by atoms with E-state index in [9.17, 15) is 0 Å². The molecule has 0 spiro atoms. The standard InChI is InChI=1S/C13H8ClN7/c14-12-17-11(18-13(19-12)21-7-2-5-16-21)9-3-1-4-10-15-6-8-20(9)10/h1-8H. The maximum atomic E-state index is 6.01. The molecule has 0 saturated heterocycles. The summed E-state index contributed by atoms with van der Waals surface area (Å²) in [6.45, 7) is 0. The van der Waals surface area contributed by atoms with Gasteiger partial charge in [-0.15, -0.1) is 0 Å². The second-order valence-electron chi connectivity index (χ2n) is 4.25. The third kappa shape index (κ3) is 2.03. The molecule has 0 radical (unpaired) electrons. The molecule has 0 saturated carbocycles. The Hall–Kier alpha value is -2.80. The van der Waals surface area contributed by atoms with Crippen molar-refractivity contribution < 1.29 is 0 Å². The van der Waals surface area contributed by atoms with Gasteiger partial charge in [0.25, 0.3) is 5.95 Å². The van der Waals surface area contributed by atoms with Crippen molar-refractivity contribution in [3.8, 4) is 17.5 Å². The van der Waals surface area contributed by atoms with Crippen molar-refractivity contribution in [2.24, 2.45) is 0 Å². The fourth-order valence-corrected chi connectivity index (χ4v) is 2.23. The van der Waals surface area contributed by atoms with Gasteiger partial charge < -0.3 is 0 Å². The van der Waals surface area contributed by atoms with Gasteiger partial charge in [0.05, 0.1) is 5.69 Å². The van der Waals surface area contributed by atoms with Crippen LogP contribution in [-0.2, 0) is 0 Å². The summed E-state index contributed by atoms with van der Waals surface area (Å²) >= 11 is 6.01. The summed E-state index contributed by atoms with van der Waals surface area (Å²) in [5.74, 6) is 0.830. The van der Waals surface area contributed by atoms with E-state index in [1.165, 1.54) is 4.68 Å². The van der Waals surface area contributed by atoms with E-state index in [1.54, 1.807) is 24.7 Å². The molecule has 0 aliphatic carbocycles. The highest BCUT2D eigenvalue weighted by Gasteiger charge is 2.11. The molecule has 4 aromatic heterocycles. The molecule has 4 rings (SSSR count). The molecule has 21 heavy (non-hydrogen) atoms. The van der Waals surface area contributed by atoms with E-state index in [0.717, 1.165) is 11.3 Å². The molecular weight excluding hydrogens is 290 g/mol. The van der Waals surface area contributed by atoms with Crippen LogP contribution >= 0.6 is 11.6 Å². The zero-order chi connectivity index (χ0) is 14.2. The summed E-state index contributed by atoms with van der Waals surface area (Å²) in [6, 6.07) is 7.48. The number of pyridine rings is 1. The summed E-state index contributed by atoms with van der Waals surface area (Å²) in [5.41, 5.74) is 1.59. The van der Waals surface area contributed by atoms with Gasteiger partial charge in [0.2, 0.25) is 5.28 Å². The quantitative estimate of drug-likeness (QED) is 0.566. The van der Waals surface area contributed by atoms with E-state index in [-0.39, 0.29) is 5.28 Å². The van der Waals surface area contributed by atoms with Gasteiger partial charge >= 0.3 is 0 Å². The van der Waals surface area contributed by atoms with E-state index < -0.39 is 0 Å². The van der Waals surface area contributed by atoms with Crippen molar-refractivity contribution in [1.29, 1.82) is 0 Å². The van der Waals surface area contributed by atoms with Crippen LogP contribution < -0.4 is 0 Å². The van der Waals surface area contributed by atoms with Crippen molar-refractivity contribution in [3.63, 3.8) is 0 Å². The normalized spacial score (nSPS) is 11.1. The lowest BCUT2D eigenvalue weighted by molar-refractivity contribution is 0.796. The lowest BCUT2D eigenvalue weighted by Crippen LogP contribution is -2.06. The van der Waals surface area contributed by atoms with Gasteiger partial charge in [-0.25, -0.2) is 9.67 Å². The summed E-state index contributed by atoms with van der Waals surface area (Å²) < 4.78 is 3.42. The minimum atomic E-state index is 0.114. The van der Waals surface area contributed by atoms with Gasteiger partial charge in [0.1, 0.15) is 5.65 Å². The van der Waals surface area contributed by atoms with Crippen LogP contribution in [0.3, 0.4) is 0 Å². The molecule has 0 aliphatic rings. The zero-order valence-corrected chi connectivity index (χ0v) is 11.4. The molecule has 8 heteroatoms. The largest absolute Gasteiger partial charge is 0.297 e. The number of hydrogen-bond donors (Lipinski definition) is 0. The molecule has 0 unspecified atom stereocenters. The van der Waals surface area contributed by atoms with E-state index in [1.807, 2.05) is 28.8 Å². The minimum Gasteiger partial charge on any atom is -0.297 e. The molecule has 0 atom stereocenters. The van der Waals surface area contributed by atoms with Crippen molar-refractivity contribution in [2.45, 2.75) is 0 Å². The summed E-state index contributed by atoms with van der Waals surface area (Å²) in [5, 5.41) is 4.21. The van der Waals surface area contributed by atoms with Gasteiger partial charge in [-0.3, -0.25) is 4.40 Å². The maximum absolute atomic E-state index is 6.01. The predicted molar refractivity (Wildman–Crippen MR) is 76.1 cm³/mol. The van der Waals surface area contributed by atoms with Crippen LogP contribution in [-0.4, -0.2) is 34.1 Å². The monoisotopic (exact) mass is 297 g/mol. The van der Waals surface area contributed by atoms with Crippen LogP contribution in [0.15, 0.2) is 49.1 Å². The van der Waals surface area contributed by atoms with Crippen molar-refractivity contribution in [3.05, 3.63) is 54.3 Å². The summed E-state index contributed by atoms with van der Waals surface area (Å²) in [7, 11) is 0. The summed E-state index contributed by atoms with van der Waals surface area (Å²) in [4.78, 5) is 16.9. The van der Waals surface area contributed by atoms with Crippen LogP contribution in [0, 0.1) is 0 Å². The first-order chi connectivity index (χ1) is 10.3. The maximum Gasteiger partial charge on any atom is 0.255 e. The lowest BCUT2D eigenvalue weighted by atomic mass is 10.3. The second-order valence-corrected chi connectivity index (χ2v) is 4.58. The second kappa shape index (κ2) is 4.64. The topological polar surface area (TPSA) is 73.8 Å². The minimum absolute atomic E-state index is 0.114. The average Bonchev–Trinajstić information content (AvgIpc) is 3.17. The molecule has 0 bridgehead atoms. The van der Waals surface area contributed by atoms with Crippen molar-refractivity contribution in [1.82, 2.24) is 34.1 Å². The Morgan fingerprint density at radius 1 is 0.952 bits per heavy atom. The fourth-order valence-electron chi connectivity index (χ4n) is 2.07. The summed E-state index contributed by atoms with van der Waals surface area (Å²) in [6.07, 6.45) is 6.95. The third-order valence-electron chi connectivity index (χ3n) is 2.96. The first-order valence-corrected chi connectivity index (χ1v) is 6.53. The molecule has 4 aromatic rings. The Balaban J connectivity index is 1.95. The van der Waals surface area contributed by atoms with Gasteiger partial charge in [0.15, 0.2) is 5.82 Å². The van der Waals surface area contributed by atoms with Gasteiger partial charge in [0, 0.05) is 24.8 Å². The Bertz CT molecular complexity index is 913. The molecule has 7 nitrogen and oxygen atoms in total. The molecule has 0 amide bonds. The van der Waals surface area contributed by atoms with Crippen molar-refractivity contribution in [2.75, 3.05) is 0 Å². The zero-order valence-electron chi connectivity index (χ0n) is 10.6. The molecule has 0 fully saturated rings. The Kier molecular flexibility index (Phi) is 2.65. The molecule has 102 valence electrons. The molecule has 4 heterocycles. The van der Waals surface area contributed by atoms with E-state index in [4.69, 9.17) is 11.6 Å². The van der Waals surface area contributed by atoms with Crippen LogP contribution in [0.25, 0.3) is 23.1 Å². The average molecular weight is 298 g/mol. The van der Waals surface area contributed by atoms with E-state index in [2.05, 4.69) is 25.0 Å². The van der Waals surface area contributed by atoms with Crippen LogP contribution in [0.5, 0.6) is 0 Å². The molecule has 0 N–H and O–H groups in total. The number of rotatable bonds is 2. The fraction of sp³-hybridized carbons (Fsp3) is 0. The number of halogens is 1. The molecule has 0 aliphatic heterocycles. The number of imidazole rings is 1. The highest BCUT2D eigenvalue weighted by molar-refractivity contribution is 6.28. The highest BCUT2D eigenvalue weighted by atomic mass is 35.5. The van der Waals surface area contributed by atoms with Crippen LogP contribution in [0.2, 0.25) is 5.28 Å². The number of hydrogen-bond acceptors (Lipinski definition) is 5. The smallest absolute Gasteiger partial charge is 0.255 e. The predicted octanol–water partition coefficient (Wildman–Crippen LogP) is 2.03. The Labute approximate surface area is 123 Å². The van der Waals surface area contributed by atoms with Gasteiger partial charge in [-0.05, 0) is 29.8 Å². The highest BCUT2D eigenvalue weighted by Crippen LogP contribution is 2.18. The number of aromatic nitrogens is 7. The van der Waals surface area contributed by atoms with Crippen molar-refractivity contribution >= 4 is 17.2 Å². The van der Waals surface area contributed by atoms with E-state index in [0.29, 0.717) is 11.8 Å². The first-order valence-electron chi connectivity index (χ1n) is 6.15.